The number of nitrogens with one attached hydrogen (secondary N) is 2. The molecular formula is C20H25N3O2S. The van der Waals surface area contributed by atoms with Crippen LogP contribution in [0.4, 0.5) is 5.69 Å². The highest BCUT2D eigenvalue weighted by Gasteiger charge is 2.06. The third kappa shape index (κ3) is 5.20. The van der Waals surface area contributed by atoms with Gasteiger partial charge in [-0.3, -0.25) is 5.43 Å². The summed E-state index contributed by atoms with van der Waals surface area (Å²) in [5.74, 6) is 1.42. The summed E-state index contributed by atoms with van der Waals surface area (Å²) < 4.78 is 10.6. The third-order valence-corrected chi connectivity index (χ3v) is 4.30. The first-order chi connectivity index (χ1) is 12.4. The molecule has 0 radical (unpaired) electrons. The normalized spacial score (nSPS) is 11.0. The van der Waals surface area contributed by atoms with E-state index in [1.54, 1.807) is 14.2 Å². The molecule has 6 heteroatoms. The molecule has 0 atom stereocenters. The summed E-state index contributed by atoms with van der Waals surface area (Å²) in [5.41, 5.74) is 8.25. The summed E-state index contributed by atoms with van der Waals surface area (Å²) in [4.78, 5) is 0. The topological polar surface area (TPSA) is 54.9 Å². The number of hydrazone groups is 1. The number of thiocarbonyl (C=S) groups is 1. The van der Waals surface area contributed by atoms with Crippen LogP contribution in [0.1, 0.15) is 23.6 Å². The van der Waals surface area contributed by atoms with Crippen LogP contribution in [0, 0.1) is 13.8 Å². The van der Waals surface area contributed by atoms with Crippen molar-refractivity contribution < 1.29 is 9.47 Å². The average Bonchev–Trinajstić information content (AvgIpc) is 2.63. The van der Waals surface area contributed by atoms with Gasteiger partial charge in [0.2, 0.25) is 0 Å². The van der Waals surface area contributed by atoms with Crippen molar-refractivity contribution in [2.45, 2.75) is 27.2 Å². The van der Waals surface area contributed by atoms with Gasteiger partial charge in [-0.2, -0.15) is 5.10 Å². The molecule has 0 fully saturated rings. The van der Waals surface area contributed by atoms with E-state index in [1.165, 1.54) is 11.1 Å². The molecule has 0 unspecified atom stereocenters. The molecule has 26 heavy (non-hydrogen) atoms. The van der Waals surface area contributed by atoms with Crippen molar-refractivity contribution in [2.75, 3.05) is 19.5 Å². The second-order valence-corrected chi connectivity index (χ2v) is 6.43. The summed E-state index contributed by atoms with van der Waals surface area (Å²) in [6.07, 6.45) is 0.680. The molecule has 0 spiro atoms. The van der Waals surface area contributed by atoms with E-state index >= 15 is 0 Å². The number of hydrogen-bond acceptors (Lipinski definition) is 4. The van der Waals surface area contributed by atoms with Crippen LogP contribution < -0.4 is 20.2 Å². The van der Waals surface area contributed by atoms with Crippen molar-refractivity contribution in [2.24, 2.45) is 5.10 Å². The van der Waals surface area contributed by atoms with Crippen molar-refractivity contribution in [1.82, 2.24) is 5.43 Å². The molecule has 0 aliphatic heterocycles. The zero-order valence-electron chi connectivity index (χ0n) is 15.8. The molecule has 2 aromatic rings. The van der Waals surface area contributed by atoms with Crippen molar-refractivity contribution in [3.63, 3.8) is 0 Å². The van der Waals surface area contributed by atoms with Gasteiger partial charge in [0.25, 0.3) is 0 Å². The summed E-state index contributed by atoms with van der Waals surface area (Å²) in [6.45, 7) is 6.08. The predicted octanol–water partition coefficient (Wildman–Crippen LogP) is 4.23. The molecule has 0 heterocycles. The first-order valence-corrected chi connectivity index (χ1v) is 8.72. The average molecular weight is 372 g/mol. The fourth-order valence-electron chi connectivity index (χ4n) is 2.51. The SMILES string of the molecule is COc1ccc(C/C(C)=N\NC(=S)Nc2cccc(C)c2C)cc1OC. The van der Waals surface area contributed by atoms with Crippen LogP contribution in [0.5, 0.6) is 11.5 Å². The van der Waals surface area contributed by atoms with Gasteiger partial charge in [-0.1, -0.05) is 18.2 Å². The van der Waals surface area contributed by atoms with Crippen LogP contribution in [-0.4, -0.2) is 25.0 Å². The summed E-state index contributed by atoms with van der Waals surface area (Å²) in [7, 11) is 3.25. The zero-order valence-corrected chi connectivity index (χ0v) is 16.7. The van der Waals surface area contributed by atoms with Gasteiger partial charge in [-0.15, -0.1) is 0 Å². The van der Waals surface area contributed by atoms with E-state index in [2.05, 4.69) is 35.8 Å². The lowest BCUT2D eigenvalue weighted by molar-refractivity contribution is 0.354. The lowest BCUT2D eigenvalue weighted by Gasteiger charge is -2.12. The fraction of sp³-hybridized carbons (Fsp3) is 0.300. The summed E-state index contributed by atoms with van der Waals surface area (Å²) in [6, 6.07) is 11.9. The van der Waals surface area contributed by atoms with Crippen LogP contribution in [0.15, 0.2) is 41.5 Å². The van der Waals surface area contributed by atoms with Crippen LogP contribution in [0.2, 0.25) is 0 Å². The Morgan fingerprint density at radius 2 is 1.81 bits per heavy atom. The Hall–Kier alpha value is -2.60. The van der Waals surface area contributed by atoms with E-state index in [0.29, 0.717) is 23.0 Å². The maximum absolute atomic E-state index is 5.33. The minimum atomic E-state index is 0.463. The molecule has 0 saturated carbocycles. The maximum atomic E-state index is 5.33. The third-order valence-electron chi connectivity index (χ3n) is 4.11. The molecule has 138 valence electrons. The van der Waals surface area contributed by atoms with Crippen molar-refractivity contribution in [3.05, 3.63) is 53.1 Å². The Morgan fingerprint density at radius 3 is 2.50 bits per heavy atom. The quantitative estimate of drug-likeness (QED) is 0.452. The van der Waals surface area contributed by atoms with Gasteiger partial charge in [0.15, 0.2) is 16.6 Å². The summed E-state index contributed by atoms with van der Waals surface area (Å²) in [5, 5.41) is 8.00. The molecule has 2 aromatic carbocycles. The van der Waals surface area contributed by atoms with Gasteiger partial charge < -0.3 is 14.8 Å². The van der Waals surface area contributed by atoms with Crippen LogP contribution in [0.3, 0.4) is 0 Å². The zero-order chi connectivity index (χ0) is 19.1. The van der Waals surface area contributed by atoms with Crippen LogP contribution in [0.25, 0.3) is 0 Å². The van der Waals surface area contributed by atoms with E-state index in [-0.39, 0.29) is 0 Å². The van der Waals surface area contributed by atoms with Gasteiger partial charge in [0.05, 0.1) is 14.2 Å². The highest BCUT2D eigenvalue weighted by Crippen LogP contribution is 2.27. The molecule has 2 N–H and O–H groups in total. The van der Waals surface area contributed by atoms with E-state index in [4.69, 9.17) is 21.7 Å². The number of benzene rings is 2. The van der Waals surface area contributed by atoms with E-state index in [0.717, 1.165) is 17.0 Å². The number of ether oxygens (including phenoxy) is 2. The Labute approximate surface area is 160 Å². The highest BCUT2D eigenvalue weighted by molar-refractivity contribution is 7.80. The van der Waals surface area contributed by atoms with Gasteiger partial charge >= 0.3 is 0 Å². The molecule has 0 saturated heterocycles. The second kappa shape index (κ2) is 9.20. The first-order valence-electron chi connectivity index (χ1n) is 8.32. The predicted molar refractivity (Wildman–Crippen MR) is 112 cm³/mol. The van der Waals surface area contributed by atoms with E-state index < -0.39 is 0 Å². The number of rotatable bonds is 6. The molecular weight excluding hydrogens is 346 g/mol. The summed E-state index contributed by atoms with van der Waals surface area (Å²) >= 11 is 5.33. The van der Waals surface area contributed by atoms with Crippen molar-refractivity contribution in [3.8, 4) is 11.5 Å². The van der Waals surface area contributed by atoms with Crippen molar-refractivity contribution in [1.29, 1.82) is 0 Å². The van der Waals surface area contributed by atoms with Crippen LogP contribution >= 0.6 is 12.2 Å². The Balaban J connectivity index is 1.97. The highest BCUT2D eigenvalue weighted by atomic mass is 32.1. The number of hydrogen-bond donors (Lipinski definition) is 2. The smallest absolute Gasteiger partial charge is 0.191 e. The maximum Gasteiger partial charge on any atom is 0.191 e. The molecule has 5 nitrogen and oxygen atoms in total. The Kier molecular flexibility index (Phi) is 6.97. The minimum Gasteiger partial charge on any atom is -0.493 e. The molecule has 0 aliphatic rings. The lowest BCUT2D eigenvalue weighted by atomic mass is 10.1. The largest absolute Gasteiger partial charge is 0.493 e. The second-order valence-electron chi connectivity index (χ2n) is 6.03. The van der Waals surface area contributed by atoms with Crippen LogP contribution in [-0.2, 0) is 6.42 Å². The standard InChI is InChI=1S/C20H25N3O2S/c1-13-7-6-8-17(15(13)3)21-20(26)23-22-14(2)11-16-9-10-18(24-4)19(12-16)25-5/h6-10,12H,11H2,1-5H3,(H2,21,23,26)/b22-14-. The monoisotopic (exact) mass is 371 g/mol. The number of aryl methyl sites for hydroxylation is 1. The Morgan fingerprint density at radius 1 is 1.08 bits per heavy atom. The number of methoxy groups -OCH3 is 2. The van der Waals surface area contributed by atoms with Gasteiger partial charge in [0.1, 0.15) is 0 Å². The first kappa shape index (κ1) is 19.7. The van der Waals surface area contributed by atoms with E-state index in [9.17, 15) is 0 Å². The van der Waals surface area contributed by atoms with Gasteiger partial charge in [0, 0.05) is 17.8 Å². The van der Waals surface area contributed by atoms with Gasteiger partial charge in [-0.05, 0) is 67.9 Å². The Bertz CT molecular complexity index is 819. The number of anilines is 1. The lowest BCUT2D eigenvalue weighted by Crippen LogP contribution is -2.25. The fourth-order valence-corrected chi connectivity index (χ4v) is 2.66. The molecule has 2 rings (SSSR count). The molecule has 0 amide bonds. The van der Waals surface area contributed by atoms with E-state index in [1.807, 2.05) is 37.3 Å². The number of nitrogens with zero attached hydrogens (tertiary/aromatic N) is 1. The molecule has 0 aliphatic carbocycles. The molecule has 0 bridgehead atoms. The van der Waals surface area contributed by atoms with Gasteiger partial charge in [-0.25, -0.2) is 0 Å². The minimum absolute atomic E-state index is 0.463. The molecule has 0 aromatic heterocycles. The van der Waals surface area contributed by atoms with Crippen molar-refractivity contribution >= 4 is 28.7 Å².